The second kappa shape index (κ2) is 6.62. The van der Waals surface area contributed by atoms with E-state index in [-0.39, 0.29) is 30.4 Å². The first-order valence-electron chi connectivity index (χ1n) is 5.86. The summed E-state index contributed by atoms with van der Waals surface area (Å²) in [6.07, 6.45) is 2.05. The smallest absolute Gasteiger partial charge is 0.237 e. The maximum Gasteiger partial charge on any atom is 0.237 e. The molecule has 2 rings (SSSR count). The van der Waals surface area contributed by atoms with Crippen LogP contribution in [0, 0.1) is 0 Å². The first-order valence-corrected chi connectivity index (χ1v) is 5.86. The van der Waals surface area contributed by atoms with Crippen LogP contribution in [0.25, 0.3) is 0 Å². The van der Waals surface area contributed by atoms with Gasteiger partial charge in [0, 0.05) is 0 Å². The van der Waals surface area contributed by atoms with Gasteiger partial charge >= 0.3 is 0 Å². The molecule has 1 aliphatic heterocycles. The van der Waals surface area contributed by atoms with Gasteiger partial charge in [-0.2, -0.15) is 0 Å². The summed E-state index contributed by atoms with van der Waals surface area (Å²) in [5.74, 6) is 0.119. The van der Waals surface area contributed by atoms with E-state index < -0.39 is 0 Å². The van der Waals surface area contributed by atoms with Gasteiger partial charge in [0.1, 0.15) is 0 Å². The summed E-state index contributed by atoms with van der Waals surface area (Å²) in [7, 11) is 0. The number of amides is 1. The van der Waals surface area contributed by atoms with Crippen molar-refractivity contribution in [2.45, 2.75) is 31.8 Å². The van der Waals surface area contributed by atoms with Gasteiger partial charge in [0.25, 0.3) is 0 Å². The lowest BCUT2D eigenvalue weighted by atomic mass is 10.1. The fourth-order valence-corrected chi connectivity index (χ4v) is 2.05. The molecule has 2 N–H and O–H groups in total. The molecule has 1 heterocycles. The molecule has 0 saturated carbocycles. The molecule has 94 valence electrons. The van der Waals surface area contributed by atoms with E-state index in [0.29, 0.717) is 0 Å². The maximum atomic E-state index is 11.9. The number of halogens is 1. The number of benzene rings is 1. The molecule has 1 aromatic carbocycles. The van der Waals surface area contributed by atoms with Gasteiger partial charge < -0.3 is 10.6 Å². The molecule has 0 bridgehead atoms. The molecule has 1 fully saturated rings. The van der Waals surface area contributed by atoms with Crippen molar-refractivity contribution in [2.24, 2.45) is 0 Å². The summed E-state index contributed by atoms with van der Waals surface area (Å²) >= 11 is 0. The van der Waals surface area contributed by atoms with Gasteiger partial charge in [-0.1, -0.05) is 30.3 Å². The third-order valence-electron chi connectivity index (χ3n) is 3.04. The van der Waals surface area contributed by atoms with Gasteiger partial charge in [0.05, 0.1) is 12.1 Å². The first kappa shape index (κ1) is 14.0. The van der Waals surface area contributed by atoms with Crippen LogP contribution >= 0.6 is 12.4 Å². The van der Waals surface area contributed by atoms with Crippen LogP contribution in [0.3, 0.4) is 0 Å². The molecule has 1 amide bonds. The summed E-state index contributed by atoms with van der Waals surface area (Å²) in [6.45, 7) is 2.97. The Balaban J connectivity index is 0.00000144. The minimum atomic E-state index is 0. The molecule has 1 aliphatic rings. The number of hydrogen-bond acceptors (Lipinski definition) is 2. The van der Waals surface area contributed by atoms with Crippen molar-refractivity contribution in [3.05, 3.63) is 35.9 Å². The number of carbonyl (C=O) groups is 1. The normalized spacial score (nSPS) is 20.4. The highest BCUT2D eigenvalue weighted by molar-refractivity contribution is 5.85. The van der Waals surface area contributed by atoms with Crippen molar-refractivity contribution in [3.8, 4) is 0 Å². The van der Waals surface area contributed by atoms with E-state index >= 15 is 0 Å². The van der Waals surface area contributed by atoms with E-state index in [4.69, 9.17) is 0 Å². The van der Waals surface area contributed by atoms with Crippen LogP contribution < -0.4 is 10.6 Å². The molecule has 0 radical (unpaired) electrons. The van der Waals surface area contributed by atoms with Crippen molar-refractivity contribution in [3.63, 3.8) is 0 Å². The van der Waals surface area contributed by atoms with Crippen LogP contribution in [0.2, 0.25) is 0 Å². The SMILES string of the molecule is CC(NC(=O)C1CCCN1)c1ccccc1.Cl. The third kappa shape index (κ3) is 3.72. The molecule has 4 heteroatoms. The van der Waals surface area contributed by atoms with Gasteiger partial charge in [-0.3, -0.25) is 4.79 Å². The minimum absolute atomic E-state index is 0. The number of hydrogen-bond donors (Lipinski definition) is 2. The van der Waals surface area contributed by atoms with E-state index in [1.165, 1.54) is 0 Å². The van der Waals surface area contributed by atoms with Gasteiger partial charge in [0.15, 0.2) is 0 Å². The van der Waals surface area contributed by atoms with Crippen LogP contribution in [-0.4, -0.2) is 18.5 Å². The minimum Gasteiger partial charge on any atom is -0.348 e. The summed E-state index contributed by atoms with van der Waals surface area (Å²) in [5, 5.41) is 6.24. The van der Waals surface area contributed by atoms with Gasteiger partial charge in [-0.15, -0.1) is 12.4 Å². The number of carbonyl (C=O) groups excluding carboxylic acids is 1. The van der Waals surface area contributed by atoms with Gasteiger partial charge in [-0.25, -0.2) is 0 Å². The second-order valence-electron chi connectivity index (χ2n) is 4.29. The molecular weight excluding hydrogens is 236 g/mol. The Morgan fingerprint density at radius 1 is 1.41 bits per heavy atom. The van der Waals surface area contributed by atoms with Crippen molar-refractivity contribution in [1.82, 2.24) is 10.6 Å². The van der Waals surface area contributed by atoms with Crippen LogP contribution in [0.5, 0.6) is 0 Å². The fraction of sp³-hybridized carbons (Fsp3) is 0.462. The van der Waals surface area contributed by atoms with Gasteiger partial charge in [0.2, 0.25) is 5.91 Å². The summed E-state index contributed by atoms with van der Waals surface area (Å²) in [6, 6.07) is 10.1. The lowest BCUT2D eigenvalue weighted by molar-refractivity contribution is -0.123. The average Bonchev–Trinajstić information content (AvgIpc) is 2.83. The Labute approximate surface area is 108 Å². The first-order chi connectivity index (χ1) is 7.77. The Kier molecular flexibility index (Phi) is 5.45. The molecule has 1 aromatic rings. The maximum absolute atomic E-state index is 11.9. The number of rotatable bonds is 3. The molecule has 2 atom stereocenters. The zero-order valence-electron chi connectivity index (χ0n) is 9.98. The predicted molar refractivity (Wildman–Crippen MR) is 71.3 cm³/mol. The fourth-order valence-electron chi connectivity index (χ4n) is 2.05. The Morgan fingerprint density at radius 2 is 2.12 bits per heavy atom. The van der Waals surface area contributed by atoms with E-state index in [1.807, 2.05) is 37.3 Å². The summed E-state index contributed by atoms with van der Waals surface area (Å²) < 4.78 is 0. The molecule has 0 spiro atoms. The van der Waals surface area contributed by atoms with Crippen LogP contribution in [0.4, 0.5) is 0 Å². The molecule has 3 nitrogen and oxygen atoms in total. The number of nitrogens with one attached hydrogen (secondary N) is 2. The standard InChI is InChI=1S/C13H18N2O.ClH/c1-10(11-6-3-2-4-7-11)15-13(16)12-8-5-9-14-12;/h2-4,6-7,10,12,14H,5,8-9H2,1H3,(H,15,16);1H. The van der Waals surface area contributed by atoms with E-state index in [0.717, 1.165) is 24.9 Å². The topological polar surface area (TPSA) is 41.1 Å². The monoisotopic (exact) mass is 254 g/mol. The molecular formula is C13H19ClN2O. The second-order valence-corrected chi connectivity index (χ2v) is 4.29. The van der Waals surface area contributed by atoms with E-state index in [2.05, 4.69) is 10.6 Å². The van der Waals surface area contributed by atoms with E-state index in [9.17, 15) is 4.79 Å². The largest absolute Gasteiger partial charge is 0.348 e. The van der Waals surface area contributed by atoms with Crippen molar-refractivity contribution in [1.29, 1.82) is 0 Å². The molecule has 17 heavy (non-hydrogen) atoms. The summed E-state index contributed by atoms with van der Waals surface area (Å²) in [5.41, 5.74) is 1.15. The van der Waals surface area contributed by atoms with Crippen molar-refractivity contribution >= 4 is 18.3 Å². The lowest BCUT2D eigenvalue weighted by Gasteiger charge is -2.17. The highest BCUT2D eigenvalue weighted by Crippen LogP contribution is 2.12. The highest BCUT2D eigenvalue weighted by Gasteiger charge is 2.23. The van der Waals surface area contributed by atoms with Crippen molar-refractivity contribution < 1.29 is 4.79 Å². The molecule has 0 aliphatic carbocycles. The zero-order valence-corrected chi connectivity index (χ0v) is 10.8. The van der Waals surface area contributed by atoms with Crippen LogP contribution in [-0.2, 0) is 4.79 Å². The summed E-state index contributed by atoms with van der Waals surface area (Å²) in [4.78, 5) is 11.9. The van der Waals surface area contributed by atoms with Crippen LogP contribution in [0.15, 0.2) is 30.3 Å². The average molecular weight is 255 g/mol. The van der Waals surface area contributed by atoms with Crippen molar-refractivity contribution in [2.75, 3.05) is 6.54 Å². The van der Waals surface area contributed by atoms with Crippen LogP contribution in [0.1, 0.15) is 31.4 Å². The molecule has 0 aromatic heterocycles. The Morgan fingerprint density at radius 3 is 2.71 bits per heavy atom. The highest BCUT2D eigenvalue weighted by atomic mass is 35.5. The van der Waals surface area contributed by atoms with E-state index in [1.54, 1.807) is 0 Å². The molecule has 2 unspecified atom stereocenters. The molecule has 1 saturated heterocycles. The lowest BCUT2D eigenvalue weighted by Crippen LogP contribution is -2.41. The predicted octanol–water partition coefficient (Wildman–Crippen LogP) is 2.04. The van der Waals surface area contributed by atoms with Gasteiger partial charge in [-0.05, 0) is 31.9 Å². The Bertz CT molecular complexity index is 350. The quantitative estimate of drug-likeness (QED) is 0.867. The Hall–Kier alpha value is -1.06. The third-order valence-corrected chi connectivity index (χ3v) is 3.04. The zero-order chi connectivity index (χ0) is 11.4.